The topological polar surface area (TPSA) is 54.0 Å². The van der Waals surface area contributed by atoms with E-state index in [2.05, 4.69) is 22.5 Å². The van der Waals surface area contributed by atoms with Crippen LogP contribution in [-0.2, 0) is 19.3 Å². The van der Waals surface area contributed by atoms with Gasteiger partial charge in [-0.2, -0.15) is 13.2 Å². The second-order valence-electron chi connectivity index (χ2n) is 8.79. The zero-order valence-electron chi connectivity index (χ0n) is 20.2. The van der Waals surface area contributed by atoms with Crippen LogP contribution in [-0.4, -0.2) is 17.4 Å². The minimum Gasteiger partial charge on any atom is -0.352 e. The average Bonchev–Trinajstić information content (AvgIpc) is 2.82. The summed E-state index contributed by atoms with van der Waals surface area (Å²) >= 11 is 0. The van der Waals surface area contributed by atoms with Gasteiger partial charge in [0.15, 0.2) is 0 Å². The third-order valence-corrected chi connectivity index (χ3v) is 5.81. The number of hydrogen-bond donors (Lipinski definition) is 2. The maximum Gasteiger partial charge on any atom is 0.433 e. The zero-order valence-corrected chi connectivity index (χ0v) is 20.2. The van der Waals surface area contributed by atoms with Crippen LogP contribution in [0.3, 0.4) is 0 Å². The molecule has 0 fully saturated rings. The summed E-state index contributed by atoms with van der Waals surface area (Å²) in [6.07, 6.45) is 9.49. The molecule has 2 rings (SSSR count). The highest BCUT2D eigenvalue weighted by Gasteiger charge is 2.31. The SMILES string of the molecule is CCCCCCCCCCCCNC(=O)c1ccc(CNCc2ccc(C(F)(F)F)nc2)cc1. The molecule has 0 radical (unpaired) electrons. The van der Waals surface area contributed by atoms with E-state index in [4.69, 9.17) is 0 Å². The highest BCUT2D eigenvalue weighted by molar-refractivity contribution is 5.94. The first-order chi connectivity index (χ1) is 16.4. The fourth-order valence-corrected chi connectivity index (χ4v) is 3.74. The van der Waals surface area contributed by atoms with Crippen LogP contribution in [0.5, 0.6) is 0 Å². The molecule has 0 bridgehead atoms. The number of aromatic nitrogens is 1. The summed E-state index contributed by atoms with van der Waals surface area (Å²) in [5.41, 5.74) is 1.41. The van der Waals surface area contributed by atoms with E-state index in [1.165, 1.54) is 63.6 Å². The molecule has 1 aromatic heterocycles. The van der Waals surface area contributed by atoms with Gasteiger partial charge < -0.3 is 10.6 Å². The third-order valence-electron chi connectivity index (χ3n) is 5.81. The molecule has 34 heavy (non-hydrogen) atoms. The van der Waals surface area contributed by atoms with Crippen LogP contribution < -0.4 is 10.6 Å². The molecule has 0 aliphatic rings. The smallest absolute Gasteiger partial charge is 0.352 e. The van der Waals surface area contributed by atoms with E-state index in [-0.39, 0.29) is 5.91 Å². The van der Waals surface area contributed by atoms with E-state index in [1.54, 1.807) is 12.1 Å². The fraction of sp³-hybridized carbons (Fsp3) is 0.556. The summed E-state index contributed by atoms with van der Waals surface area (Å²) in [4.78, 5) is 15.8. The molecule has 0 saturated carbocycles. The van der Waals surface area contributed by atoms with Crippen molar-refractivity contribution in [1.82, 2.24) is 15.6 Å². The lowest BCUT2D eigenvalue weighted by Gasteiger charge is -2.09. The molecule has 1 heterocycles. The Hall–Kier alpha value is -2.41. The number of rotatable bonds is 16. The van der Waals surface area contributed by atoms with Crippen LogP contribution in [0.4, 0.5) is 13.2 Å². The number of alkyl halides is 3. The van der Waals surface area contributed by atoms with Crippen molar-refractivity contribution in [1.29, 1.82) is 0 Å². The first-order valence-electron chi connectivity index (χ1n) is 12.5. The number of unbranched alkanes of at least 4 members (excludes halogenated alkanes) is 9. The van der Waals surface area contributed by atoms with Gasteiger partial charge >= 0.3 is 6.18 Å². The van der Waals surface area contributed by atoms with Crippen LogP contribution in [0.2, 0.25) is 0 Å². The van der Waals surface area contributed by atoms with Gasteiger partial charge in [-0.05, 0) is 35.7 Å². The molecule has 7 heteroatoms. The van der Waals surface area contributed by atoms with Crippen molar-refractivity contribution >= 4 is 5.91 Å². The van der Waals surface area contributed by atoms with Gasteiger partial charge in [0.1, 0.15) is 5.69 Å². The third kappa shape index (κ3) is 11.1. The summed E-state index contributed by atoms with van der Waals surface area (Å²) < 4.78 is 37.7. The quantitative estimate of drug-likeness (QED) is 0.255. The van der Waals surface area contributed by atoms with E-state index in [1.807, 2.05) is 12.1 Å². The molecule has 0 saturated heterocycles. The van der Waals surface area contributed by atoms with Gasteiger partial charge in [-0.3, -0.25) is 9.78 Å². The van der Waals surface area contributed by atoms with E-state index in [0.29, 0.717) is 30.8 Å². The molecule has 0 atom stereocenters. The summed E-state index contributed by atoms with van der Waals surface area (Å²) in [5.74, 6) is -0.0636. The number of benzene rings is 1. The highest BCUT2D eigenvalue weighted by Crippen LogP contribution is 2.27. The van der Waals surface area contributed by atoms with E-state index < -0.39 is 11.9 Å². The molecule has 0 aliphatic carbocycles. The lowest BCUT2D eigenvalue weighted by molar-refractivity contribution is -0.141. The molecule has 188 valence electrons. The number of halogens is 3. The van der Waals surface area contributed by atoms with Crippen molar-refractivity contribution in [3.63, 3.8) is 0 Å². The Morgan fingerprint density at radius 2 is 1.35 bits per heavy atom. The number of amides is 1. The first kappa shape index (κ1) is 27.8. The predicted molar refractivity (Wildman–Crippen MR) is 130 cm³/mol. The van der Waals surface area contributed by atoms with Crippen molar-refractivity contribution in [2.45, 2.75) is 90.4 Å². The maximum absolute atomic E-state index is 12.6. The first-order valence-corrected chi connectivity index (χ1v) is 12.5. The van der Waals surface area contributed by atoms with E-state index in [0.717, 1.165) is 24.5 Å². The van der Waals surface area contributed by atoms with Gasteiger partial charge in [-0.25, -0.2) is 0 Å². The second-order valence-corrected chi connectivity index (χ2v) is 8.79. The van der Waals surface area contributed by atoms with Gasteiger partial charge in [0.2, 0.25) is 0 Å². The van der Waals surface area contributed by atoms with Crippen LogP contribution >= 0.6 is 0 Å². The van der Waals surface area contributed by atoms with Crippen molar-refractivity contribution in [2.75, 3.05) is 6.54 Å². The van der Waals surface area contributed by atoms with Gasteiger partial charge in [-0.15, -0.1) is 0 Å². The van der Waals surface area contributed by atoms with Gasteiger partial charge in [0.05, 0.1) is 0 Å². The summed E-state index contributed by atoms with van der Waals surface area (Å²) in [6, 6.07) is 9.76. The Balaban J connectivity index is 1.57. The van der Waals surface area contributed by atoms with Crippen LogP contribution in [0.1, 0.15) is 98.3 Å². The number of carbonyl (C=O) groups is 1. The van der Waals surface area contributed by atoms with E-state index >= 15 is 0 Å². The largest absolute Gasteiger partial charge is 0.433 e. The predicted octanol–water partition coefficient (Wildman–Crippen LogP) is 7.04. The number of pyridine rings is 1. The Kier molecular flexibility index (Phi) is 12.7. The molecule has 1 amide bonds. The molecule has 2 aromatic rings. The highest BCUT2D eigenvalue weighted by atomic mass is 19.4. The van der Waals surface area contributed by atoms with Crippen molar-refractivity contribution < 1.29 is 18.0 Å². The molecule has 2 N–H and O–H groups in total. The van der Waals surface area contributed by atoms with Crippen LogP contribution in [0.25, 0.3) is 0 Å². The Bertz CT molecular complexity index is 821. The lowest BCUT2D eigenvalue weighted by atomic mass is 10.1. The number of carbonyl (C=O) groups excluding carboxylic acids is 1. The number of nitrogens with zero attached hydrogens (tertiary/aromatic N) is 1. The standard InChI is InChI=1S/C27H38F3N3O/c1-2-3-4-5-6-7-8-9-10-11-18-32-26(34)24-15-12-22(13-16-24)19-31-20-23-14-17-25(33-21-23)27(28,29)30/h12-17,21,31H,2-11,18-20H2,1H3,(H,32,34). The minimum absolute atomic E-state index is 0.0636. The van der Waals surface area contributed by atoms with Crippen molar-refractivity contribution in [3.05, 3.63) is 65.0 Å². The Labute approximate surface area is 201 Å². The Morgan fingerprint density at radius 1 is 0.794 bits per heavy atom. The average molecular weight is 478 g/mol. The molecule has 4 nitrogen and oxygen atoms in total. The van der Waals surface area contributed by atoms with Gasteiger partial charge in [0.25, 0.3) is 5.91 Å². The molecule has 1 aromatic carbocycles. The normalized spacial score (nSPS) is 11.5. The van der Waals surface area contributed by atoms with Crippen molar-refractivity contribution in [2.24, 2.45) is 0 Å². The maximum atomic E-state index is 12.6. The zero-order chi connectivity index (χ0) is 24.7. The van der Waals surface area contributed by atoms with E-state index in [9.17, 15) is 18.0 Å². The van der Waals surface area contributed by atoms with Crippen LogP contribution in [0.15, 0.2) is 42.6 Å². The Morgan fingerprint density at radius 3 is 1.91 bits per heavy atom. The molecular weight excluding hydrogens is 439 g/mol. The molecule has 0 spiro atoms. The van der Waals surface area contributed by atoms with Gasteiger partial charge in [-0.1, -0.05) is 82.9 Å². The van der Waals surface area contributed by atoms with Crippen LogP contribution in [0, 0.1) is 0 Å². The molecular formula is C27H38F3N3O. The van der Waals surface area contributed by atoms with Crippen molar-refractivity contribution in [3.8, 4) is 0 Å². The summed E-state index contributed by atoms with van der Waals surface area (Å²) in [5, 5.41) is 6.16. The van der Waals surface area contributed by atoms with Gasteiger partial charge in [0, 0.05) is 31.4 Å². The monoisotopic (exact) mass is 477 g/mol. The minimum atomic E-state index is -4.42. The lowest BCUT2D eigenvalue weighted by Crippen LogP contribution is -2.24. The fourth-order valence-electron chi connectivity index (χ4n) is 3.74. The molecule has 0 unspecified atom stereocenters. The summed E-state index contributed by atoms with van der Waals surface area (Å²) in [7, 11) is 0. The summed E-state index contributed by atoms with van der Waals surface area (Å²) in [6.45, 7) is 3.89. The second kappa shape index (κ2) is 15.5. The number of nitrogens with one attached hydrogen (secondary N) is 2. The number of hydrogen-bond acceptors (Lipinski definition) is 3. The molecule has 0 aliphatic heterocycles.